The molecule has 0 fully saturated rings. The van der Waals surface area contributed by atoms with E-state index in [1.165, 1.54) is 0 Å². The quantitative estimate of drug-likeness (QED) is 0.559. The van der Waals surface area contributed by atoms with Crippen molar-refractivity contribution in [2.45, 2.75) is 13.8 Å². The summed E-state index contributed by atoms with van der Waals surface area (Å²) in [5.74, 6) is 0. The van der Waals surface area contributed by atoms with Gasteiger partial charge in [0, 0.05) is 0 Å². The molecule has 0 aliphatic rings. The van der Waals surface area contributed by atoms with Gasteiger partial charge in [-0.25, -0.2) is 0 Å². The first-order valence-corrected chi connectivity index (χ1v) is 4.50. The Bertz CT molecular complexity index is 322. The highest BCUT2D eigenvalue weighted by atomic mass is 14.0. The molecule has 0 aromatic rings. The maximum absolute atomic E-state index is 3.93. The Morgan fingerprint density at radius 3 is 2.00 bits per heavy atom. The summed E-state index contributed by atoms with van der Waals surface area (Å²) >= 11 is 0. The molecule has 74 valence electrons. The number of hydrogen-bond acceptors (Lipinski definition) is 0. The molecule has 0 aromatic carbocycles. The van der Waals surface area contributed by atoms with Crippen LogP contribution in [0.2, 0.25) is 0 Å². The summed E-state index contributed by atoms with van der Waals surface area (Å²) in [5, 5.41) is 0. The molecule has 0 aromatic heterocycles. The zero-order valence-corrected chi connectivity index (χ0v) is 9.14. The summed E-state index contributed by atoms with van der Waals surface area (Å²) in [6.07, 6.45) is 7.43. The van der Waals surface area contributed by atoms with E-state index in [1.54, 1.807) is 6.08 Å². The Morgan fingerprint density at radius 1 is 1.00 bits per heavy atom. The highest BCUT2D eigenvalue weighted by Gasteiger charge is 1.94. The fraction of sp³-hybridized carbons (Fsp3) is 0.143. The molecule has 0 aliphatic heterocycles. The standard InChI is InChI=1S/C14H18/c1-7-8-9-12(4)14(6)10-13(5)11(2)3/h7-10H,1-2,4,6H2,3,5H3/b9-8-,13-10-. The molecule has 0 bridgehead atoms. The molecular formula is C14H18. The van der Waals surface area contributed by atoms with Gasteiger partial charge in [-0.15, -0.1) is 0 Å². The van der Waals surface area contributed by atoms with E-state index < -0.39 is 0 Å². The molecule has 0 heterocycles. The van der Waals surface area contributed by atoms with Crippen molar-refractivity contribution in [3.8, 4) is 0 Å². The molecule has 0 saturated heterocycles. The topological polar surface area (TPSA) is 0 Å². The molecule has 0 nitrogen and oxygen atoms in total. The van der Waals surface area contributed by atoms with Crippen molar-refractivity contribution in [1.29, 1.82) is 0 Å². The van der Waals surface area contributed by atoms with E-state index in [2.05, 4.69) is 26.3 Å². The highest BCUT2D eigenvalue weighted by Crippen LogP contribution is 2.14. The molecule has 0 N–H and O–H groups in total. The normalized spacial score (nSPS) is 11.4. The van der Waals surface area contributed by atoms with Crippen LogP contribution in [0, 0.1) is 0 Å². The van der Waals surface area contributed by atoms with E-state index >= 15 is 0 Å². The van der Waals surface area contributed by atoms with E-state index in [0.29, 0.717) is 0 Å². The molecule has 0 spiro atoms. The molecule has 0 amide bonds. The minimum Gasteiger partial charge on any atom is -0.0991 e. The van der Waals surface area contributed by atoms with Crippen LogP contribution in [-0.4, -0.2) is 0 Å². The van der Waals surface area contributed by atoms with Crippen LogP contribution in [0.4, 0.5) is 0 Å². The van der Waals surface area contributed by atoms with Gasteiger partial charge in [-0.3, -0.25) is 0 Å². The van der Waals surface area contributed by atoms with Crippen LogP contribution in [-0.2, 0) is 0 Å². The van der Waals surface area contributed by atoms with Crippen molar-refractivity contribution < 1.29 is 0 Å². The summed E-state index contributed by atoms with van der Waals surface area (Å²) in [6, 6.07) is 0. The van der Waals surface area contributed by atoms with Gasteiger partial charge in [-0.2, -0.15) is 0 Å². The predicted octanol–water partition coefficient (Wildman–Crippen LogP) is 4.36. The van der Waals surface area contributed by atoms with Crippen molar-refractivity contribution in [2.75, 3.05) is 0 Å². The maximum Gasteiger partial charge on any atom is -0.0259 e. The van der Waals surface area contributed by atoms with Gasteiger partial charge < -0.3 is 0 Å². The Hall–Kier alpha value is -1.56. The monoisotopic (exact) mass is 186 g/mol. The minimum atomic E-state index is 0.894. The molecule has 0 aliphatic carbocycles. The average molecular weight is 186 g/mol. The highest BCUT2D eigenvalue weighted by molar-refractivity contribution is 5.46. The Labute approximate surface area is 87.3 Å². The van der Waals surface area contributed by atoms with Gasteiger partial charge in [0.2, 0.25) is 0 Å². The first kappa shape index (κ1) is 12.4. The number of rotatable bonds is 5. The van der Waals surface area contributed by atoms with Gasteiger partial charge in [0.05, 0.1) is 0 Å². The molecular weight excluding hydrogens is 168 g/mol. The molecule has 0 atom stereocenters. The number of hydrogen-bond donors (Lipinski definition) is 0. The summed E-state index contributed by atoms with van der Waals surface area (Å²) in [6.45, 7) is 19.3. The second-order valence-corrected chi connectivity index (χ2v) is 3.25. The van der Waals surface area contributed by atoms with Crippen LogP contribution < -0.4 is 0 Å². The van der Waals surface area contributed by atoms with E-state index in [-0.39, 0.29) is 0 Å². The lowest BCUT2D eigenvalue weighted by Crippen LogP contribution is -1.82. The van der Waals surface area contributed by atoms with Crippen LogP contribution in [0.25, 0.3) is 0 Å². The van der Waals surface area contributed by atoms with Gasteiger partial charge >= 0.3 is 0 Å². The van der Waals surface area contributed by atoms with Crippen molar-refractivity contribution in [3.63, 3.8) is 0 Å². The van der Waals surface area contributed by atoms with E-state index in [1.807, 2.05) is 32.1 Å². The molecule has 0 rings (SSSR count). The van der Waals surface area contributed by atoms with Crippen LogP contribution in [0.3, 0.4) is 0 Å². The zero-order valence-electron chi connectivity index (χ0n) is 9.14. The molecule has 0 unspecified atom stereocenters. The molecule has 0 heteroatoms. The van der Waals surface area contributed by atoms with Crippen LogP contribution in [0.5, 0.6) is 0 Å². The summed E-state index contributed by atoms with van der Waals surface area (Å²) < 4.78 is 0. The molecule has 0 radical (unpaired) electrons. The largest absolute Gasteiger partial charge is 0.0991 e. The zero-order chi connectivity index (χ0) is 11.1. The Balaban J connectivity index is 4.57. The second kappa shape index (κ2) is 5.98. The van der Waals surface area contributed by atoms with Gasteiger partial charge in [0.25, 0.3) is 0 Å². The lowest BCUT2D eigenvalue weighted by molar-refractivity contribution is 1.35. The SMILES string of the molecule is C=C/C=C\C(=C)C(=C)/C=C(/C)C(=C)C. The summed E-state index contributed by atoms with van der Waals surface area (Å²) in [5.41, 5.74) is 3.98. The van der Waals surface area contributed by atoms with Crippen LogP contribution in [0.1, 0.15) is 13.8 Å². The number of allylic oxidation sites excluding steroid dienone is 8. The second-order valence-electron chi connectivity index (χ2n) is 3.25. The van der Waals surface area contributed by atoms with Gasteiger partial charge in [-0.05, 0) is 30.6 Å². The predicted molar refractivity (Wildman–Crippen MR) is 66.2 cm³/mol. The van der Waals surface area contributed by atoms with Crippen molar-refractivity contribution in [3.05, 3.63) is 72.9 Å². The fourth-order valence-electron chi connectivity index (χ4n) is 0.768. The van der Waals surface area contributed by atoms with Crippen molar-refractivity contribution in [2.24, 2.45) is 0 Å². The maximum atomic E-state index is 3.93. The Morgan fingerprint density at radius 2 is 1.57 bits per heavy atom. The van der Waals surface area contributed by atoms with E-state index in [9.17, 15) is 0 Å². The Kier molecular flexibility index (Phi) is 5.31. The van der Waals surface area contributed by atoms with Gasteiger partial charge in [0.15, 0.2) is 0 Å². The third-order valence-corrected chi connectivity index (χ3v) is 1.91. The summed E-state index contributed by atoms with van der Waals surface area (Å²) in [7, 11) is 0. The minimum absolute atomic E-state index is 0.894. The van der Waals surface area contributed by atoms with E-state index in [4.69, 9.17) is 0 Å². The first-order chi connectivity index (χ1) is 6.49. The van der Waals surface area contributed by atoms with Crippen LogP contribution in [0.15, 0.2) is 72.9 Å². The van der Waals surface area contributed by atoms with Gasteiger partial charge in [-0.1, -0.05) is 56.2 Å². The van der Waals surface area contributed by atoms with Gasteiger partial charge in [0.1, 0.15) is 0 Å². The third kappa shape index (κ3) is 4.46. The molecule has 14 heavy (non-hydrogen) atoms. The van der Waals surface area contributed by atoms with Crippen molar-refractivity contribution >= 4 is 0 Å². The smallest absolute Gasteiger partial charge is 0.0259 e. The average Bonchev–Trinajstić information content (AvgIpc) is 2.13. The third-order valence-electron chi connectivity index (χ3n) is 1.91. The lowest BCUT2D eigenvalue weighted by Gasteiger charge is -2.02. The summed E-state index contributed by atoms with van der Waals surface area (Å²) in [4.78, 5) is 0. The fourth-order valence-corrected chi connectivity index (χ4v) is 0.768. The van der Waals surface area contributed by atoms with Crippen molar-refractivity contribution in [1.82, 2.24) is 0 Å². The lowest BCUT2D eigenvalue weighted by atomic mass is 10.0. The first-order valence-electron chi connectivity index (χ1n) is 4.50. The van der Waals surface area contributed by atoms with E-state index in [0.717, 1.165) is 22.3 Å². The molecule has 0 saturated carbocycles. The van der Waals surface area contributed by atoms with Crippen LogP contribution >= 0.6 is 0 Å².